The van der Waals surface area contributed by atoms with Crippen LogP contribution in [-0.2, 0) is 20.9 Å². The third-order valence-electron chi connectivity index (χ3n) is 4.70. The van der Waals surface area contributed by atoms with Crippen molar-refractivity contribution in [3.63, 3.8) is 0 Å². The predicted molar refractivity (Wildman–Crippen MR) is 111 cm³/mol. The molecule has 0 aromatic heterocycles. The highest BCUT2D eigenvalue weighted by molar-refractivity contribution is 6.02. The van der Waals surface area contributed by atoms with Gasteiger partial charge in [0.1, 0.15) is 5.60 Å². The van der Waals surface area contributed by atoms with Crippen molar-refractivity contribution in [2.45, 2.75) is 39.4 Å². The summed E-state index contributed by atoms with van der Waals surface area (Å²) in [4.78, 5) is 11.7. The number of rotatable bonds is 7. The average molecular weight is 362 g/mol. The summed E-state index contributed by atoms with van der Waals surface area (Å²) in [7, 11) is 0. The van der Waals surface area contributed by atoms with Gasteiger partial charge in [-0.1, -0.05) is 55.1 Å². The molecule has 0 saturated heterocycles. The first-order chi connectivity index (χ1) is 12.9. The molecule has 3 aromatic rings. The van der Waals surface area contributed by atoms with Crippen LogP contribution in [0, 0.1) is 0 Å². The van der Waals surface area contributed by atoms with E-state index in [9.17, 15) is 4.79 Å². The molecule has 0 atom stereocenters. The SMILES string of the molecule is C=C(C)C(=O)OC(C)(C)CCOCc1c2ccccc2cc2ccccc12. The molecule has 0 aliphatic heterocycles. The lowest BCUT2D eigenvalue weighted by Gasteiger charge is -2.25. The van der Waals surface area contributed by atoms with E-state index in [0.717, 1.165) is 0 Å². The van der Waals surface area contributed by atoms with Gasteiger partial charge in [0.05, 0.1) is 13.2 Å². The van der Waals surface area contributed by atoms with Crippen LogP contribution in [0.25, 0.3) is 21.5 Å². The Labute approximate surface area is 160 Å². The molecule has 0 aliphatic rings. The Bertz CT molecular complexity index is 931. The van der Waals surface area contributed by atoms with Gasteiger partial charge < -0.3 is 9.47 Å². The van der Waals surface area contributed by atoms with Gasteiger partial charge >= 0.3 is 5.97 Å². The fourth-order valence-corrected chi connectivity index (χ4v) is 3.14. The van der Waals surface area contributed by atoms with E-state index >= 15 is 0 Å². The topological polar surface area (TPSA) is 35.5 Å². The van der Waals surface area contributed by atoms with E-state index in [1.54, 1.807) is 6.92 Å². The van der Waals surface area contributed by atoms with E-state index in [2.05, 4.69) is 61.2 Å². The van der Waals surface area contributed by atoms with E-state index in [-0.39, 0.29) is 5.97 Å². The predicted octanol–water partition coefficient (Wildman–Crippen LogP) is 5.80. The van der Waals surface area contributed by atoms with Gasteiger partial charge in [0.15, 0.2) is 0 Å². The summed E-state index contributed by atoms with van der Waals surface area (Å²) < 4.78 is 11.5. The van der Waals surface area contributed by atoms with Crippen LogP contribution in [0.4, 0.5) is 0 Å². The maximum Gasteiger partial charge on any atom is 0.333 e. The van der Waals surface area contributed by atoms with Crippen molar-refractivity contribution >= 4 is 27.5 Å². The molecule has 0 aliphatic carbocycles. The van der Waals surface area contributed by atoms with E-state index in [1.165, 1.54) is 27.1 Å². The monoisotopic (exact) mass is 362 g/mol. The number of fused-ring (bicyclic) bond motifs is 2. The van der Waals surface area contributed by atoms with E-state index in [0.29, 0.717) is 25.2 Å². The molecule has 27 heavy (non-hydrogen) atoms. The van der Waals surface area contributed by atoms with E-state index in [4.69, 9.17) is 9.47 Å². The van der Waals surface area contributed by atoms with Crippen LogP contribution < -0.4 is 0 Å². The molecule has 0 unspecified atom stereocenters. The van der Waals surface area contributed by atoms with Gasteiger partial charge in [0.2, 0.25) is 0 Å². The molecule has 0 spiro atoms. The first-order valence-corrected chi connectivity index (χ1v) is 9.23. The zero-order valence-electron chi connectivity index (χ0n) is 16.2. The fraction of sp³-hybridized carbons (Fsp3) is 0.292. The third-order valence-corrected chi connectivity index (χ3v) is 4.70. The van der Waals surface area contributed by atoms with Crippen LogP contribution in [0.1, 0.15) is 32.8 Å². The highest BCUT2D eigenvalue weighted by Crippen LogP contribution is 2.29. The molecule has 0 N–H and O–H groups in total. The largest absolute Gasteiger partial charge is 0.456 e. The van der Waals surface area contributed by atoms with E-state index in [1.807, 2.05) is 13.8 Å². The molecular weight excluding hydrogens is 336 g/mol. The van der Waals surface area contributed by atoms with Gasteiger partial charge in [-0.25, -0.2) is 4.79 Å². The summed E-state index contributed by atoms with van der Waals surface area (Å²) in [5.41, 5.74) is 1.02. The van der Waals surface area contributed by atoms with Gasteiger partial charge in [0.25, 0.3) is 0 Å². The van der Waals surface area contributed by atoms with Crippen LogP contribution in [0.5, 0.6) is 0 Å². The van der Waals surface area contributed by atoms with Gasteiger partial charge in [-0.3, -0.25) is 0 Å². The summed E-state index contributed by atoms with van der Waals surface area (Å²) in [6, 6.07) is 19.0. The molecule has 0 heterocycles. The zero-order chi connectivity index (χ0) is 19.4. The summed E-state index contributed by atoms with van der Waals surface area (Å²) >= 11 is 0. The number of esters is 1. The summed E-state index contributed by atoms with van der Waals surface area (Å²) in [5.74, 6) is -0.361. The van der Waals surface area contributed by atoms with Gasteiger partial charge in [-0.2, -0.15) is 0 Å². The summed E-state index contributed by atoms with van der Waals surface area (Å²) in [6.45, 7) is 10.1. The lowest BCUT2D eigenvalue weighted by Crippen LogP contribution is -2.29. The number of ether oxygens (including phenoxy) is 2. The Kier molecular flexibility index (Phi) is 5.62. The Morgan fingerprint density at radius 2 is 1.56 bits per heavy atom. The molecule has 3 nitrogen and oxygen atoms in total. The van der Waals surface area contributed by atoms with Crippen LogP contribution in [0.15, 0.2) is 66.7 Å². The van der Waals surface area contributed by atoms with Crippen molar-refractivity contribution in [2.75, 3.05) is 6.61 Å². The van der Waals surface area contributed by atoms with Crippen molar-refractivity contribution in [1.29, 1.82) is 0 Å². The van der Waals surface area contributed by atoms with Gasteiger partial charge in [-0.15, -0.1) is 0 Å². The Morgan fingerprint density at radius 3 is 2.11 bits per heavy atom. The molecule has 0 fully saturated rings. The molecule has 0 radical (unpaired) electrons. The smallest absolute Gasteiger partial charge is 0.333 e. The summed E-state index contributed by atoms with van der Waals surface area (Å²) in [6.07, 6.45) is 0.620. The number of carbonyl (C=O) groups is 1. The lowest BCUT2D eigenvalue weighted by atomic mass is 9.97. The highest BCUT2D eigenvalue weighted by Gasteiger charge is 2.23. The second kappa shape index (κ2) is 7.93. The minimum Gasteiger partial charge on any atom is -0.456 e. The van der Waals surface area contributed by atoms with Gasteiger partial charge in [0, 0.05) is 12.0 Å². The van der Waals surface area contributed by atoms with Crippen LogP contribution in [0.3, 0.4) is 0 Å². The first kappa shape index (κ1) is 19.1. The van der Waals surface area contributed by atoms with Crippen molar-refractivity contribution in [3.05, 3.63) is 72.3 Å². The Balaban J connectivity index is 1.73. The van der Waals surface area contributed by atoms with E-state index < -0.39 is 5.60 Å². The second-order valence-electron chi connectivity index (χ2n) is 7.53. The van der Waals surface area contributed by atoms with Crippen LogP contribution in [0.2, 0.25) is 0 Å². The quantitative estimate of drug-likeness (QED) is 0.231. The van der Waals surface area contributed by atoms with Crippen molar-refractivity contribution in [2.24, 2.45) is 0 Å². The average Bonchev–Trinajstić information content (AvgIpc) is 2.63. The molecule has 0 amide bonds. The van der Waals surface area contributed by atoms with Crippen molar-refractivity contribution in [3.8, 4) is 0 Å². The minimum absolute atomic E-state index is 0.361. The van der Waals surface area contributed by atoms with Crippen molar-refractivity contribution < 1.29 is 14.3 Å². The third kappa shape index (κ3) is 4.55. The zero-order valence-corrected chi connectivity index (χ0v) is 16.2. The highest BCUT2D eigenvalue weighted by atomic mass is 16.6. The Hall–Kier alpha value is -2.65. The number of carbonyl (C=O) groups excluding carboxylic acids is 1. The molecule has 3 heteroatoms. The molecule has 0 bridgehead atoms. The molecule has 0 saturated carbocycles. The molecule has 140 valence electrons. The number of hydrogen-bond donors (Lipinski definition) is 0. The van der Waals surface area contributed by atoms with Crippen LogP contribution >= 0.6 is 0 Å². The normalized spacial score (nSPS) is 11.7. The number of hydrogen-bond acceptors (Lipinski definition) is 3. The Morgan fingerprint density at radius 1 is 1.00 bits per heavy atom. The molecular formula is C24H26O3. The maximum absolute atomic E-state index is 11.7. The standard InChI is InChI=1S/C24H26O3/c1-17(2)23(25)27-24(3,4)13-14-26-16-22-20-11-7-5-9-18(20)15-19-10-6-8-12-21(19)22/h5-12,15H,1,13-14,16H2,2-4H3. The number of benzene rings is 3. The first-order valence-electron chi connectivity index (χ1n) is 9.23. The molecule has 3 rings (SSSR count). The maximum atomic E-state index is 11.7. The lowest BCUT2D eigenvalue weighted by molar-refractivity contribution is -0.153. The van der Waals surface area contributed by atoms with Gasteiger partial charge in [-0.05, 0) is 53.9 Å². The summed E-state index contributed by atoms with van der Waals surface area (Å²) in [5, 5.41) is 4.85. The van der Waals surface area contributed by atoms with Crippen LogP contribution in [-0.4, -0.2) is 18.2 Å². The second-order valence-corrected chi connectivity index (χ2v) is 7.53. The molecule has 3 aromatic carbocycles. The fourth-order valence-electron chi connectivity index (χ4n) is 3.14. The van der Waals surface area contributed by atoms with Crippen molar-refractivity contribution in [1.82, 2.24) is 0 Å². The minimum atomic E-state index is -0.586.